The number of aromatic amines is 1. The lowest BCUT2D eigenvalue weighted by atomic mass is 9.95. The number of nitrogens with one attached hydrogen (secondary N) is 1. The maximum absolute atomic E-state index is 10.0. The van der Waals surface area contributed by atoms with Crippen molar-refractivity contribution in [1.82, 2.24) is 15.4 Å². The van der Waals surface area contributed by atoms with Crippen molar-refractivity contribution in [1.29, 1.82) is 0 Å². The Morgan fingerprint density at radius 2 is 2.29 bits per heavy atom. The third-order valence-corrected chi connectivity index (χ3v) is 2.76. The van der Waals surface area contributed by atoms with Gasteiger partial charge in [0.1, 0.15) is 0 Å². The normalized spacial score (nSPS) is 12.4. The van der Waals surface area contributed by atoms with E-state index in [1.165, 1.54) is 0 Å². The van der Waals surface area contributed by atoms with E-state index in [-0.39, 0.29) is 11.7 Å². The molecule has 0 aliphatic carbocycles. The molecule has 1 unspecified atom stereocenters. The van der Waals surface area contributed by atoms with Gasteiger partial charge < -0.3 is 9.84 Å². The Morgan fingerprint density at radius 3 is 2.94 bits per heavy atom. The molecule has 90 valence electrons. The summed E-state index contributed by atoms with van der Waals surface area (Å²) in [4.78, 5) is 0. The fourth-order valence-corrected chi connectivity index (χ4v) is 1.85. The van der Waals surface area contributed by atoms with E-state index in [1.54, 1.807) is 19.4 Å². The van der Waals surface area contributed by atoms with E-state index < -0.39 is 0 Å². The van der Waals surface area contributed by atoms with Crippen molar-refractivity contribution in [2.24, 2.45) is 0 Å². The van der Waals surface area contributed by atoms with Crippen LogP contribution in [0.5, 0.6) is 11.5 Å². The largest absolute Gasteiger partial charge is 0.504 e. The molecule has 0 spiro atoms. The molecule has 0 aliphatic rings. The Balaban J connectivity index is 2.22. The molecule has 2 N–H and O–H groups in total. The highest BCUT2D eigenvalue weighted by Crippen LogP contribution is 2.35. The van der Waals surface area contributed by atoms with E-state index >= 15 is 0 Å². The van der Waals surface area contributed by atoms with Crippen molar-refractivity contribution in [3.05, 3.63) is 35.7 Å². The number of aromatic hydroxyl groups is 1. The molecule has 1 aromatic carbocycles. The average molecular weight is 233 g/mol. The molecule has 0 saturated carbocycles. The summed E-state index contributed by atoms with van der Waals surface area (Å²) in [6.45, 7) is 2.03. The van der Waals surface area contributed by atoms with Gasteiger partial charge in [-0.25, -0.2) is 0 Å². The van der Waals surface area contributed by atoms with Gasteiger partial charge in [0.25, 0.3) is 0 Å². The van der Waals surface area contributed by atoms with Crippen LogP contribution in [0.3, 0.4) is 0 Å². The summed E-state index contributed by atoms with van der Waals surface area (Å²) in [5.41, 5.74) is 1.73. The van der Waals surface area contributed by atoms with Crippen LogP contribution in [-0.2, 0) is 6.42 Å². The van der Waals surface area contributed by atoms with Gasteiger partial charge in [-0.3, -0.25) is 0 Å². The molecule has 0 saturated heterocycles. The van der Waals surface area contributed by atoms with Crippen LogP contribution in [0.4, 0.5) is 0 Å². The number of rotatable bonds is 4. The van der Waals surface area contributed by atoms with Crippen LogP contribution in [0.15, 0.2) is 24.4 Å². The second kappa shape index (κ2) is 4.86. The molecule has 1 heterocycles. The van der Waals surface area contributed by atoms with Gasteiger partial charge in [-0.15, -0.1) is 0 Å². The second-order valence-electron chi connectivity index (χ2n) is 3.96. The maximum Gasteiger partial charge on any atom is 0.161 e. The average Bonchev–Trinajstić information content (AvgIpc) is 2.82. The minimum Gasteiger partial charge on any atom is -0.504 e. The minimum absolute atomic E-state index is 0.148. The molecule has 1 aromatic heterocycles. The number of benzene rings is 1. The minimum atomic E-state index is 0.148. The van der Waals surface area contributed by atoms with Gasteiger partial charge in [0.15, 0.2) is 11.5 Å². The molecular weight excluding hydrogens is 218 g/mol. The summed E-state index contributed by atoms with van der Waals surface area (Å²) in [6, 6.07) is 5.50. The molecule has 2 rings (SSSR count). The summed E-state index contributed by atoms with van der Waals surface area (Å²) < 4.78 is 5.09. The van der Waals surface area contributed by atoms with Gasteiger partial charge >= 0.3 is 0 Å². The van der Waals surface area contributed by atoms with Crippen LogP contribution in [0.2, 0.25) is 0 Å². The Labute approximate surface area is 99.4 Å². The number of phenols is 1. The molecule has 0 amide bonds. The first-order valence-electron chi connectivity index (χ1n) is 5.43. The van der Waals surface area contributed by atoms with Crippen molar-refractivity contribution in [2.45, 2.75) is 19.3 Å². The van der Waals surface area contributed by atoms with Crippen molar-refractivity contribution in [3.8, 4) is 11.5 Å². The van der Waals surface area contributed by atoms with Crippen LogP contribution in [0.25, 0.3) is 0 Å². The molecular formula is C12H15N3O2. The van der Waals surface area contributed by atoms with Gasteiger partial charge in [-0.2, -0.15) is 15.4 Å². The quantitative estimate of drug-likeness (QED) is 0.845. The smallest absolute Gasteiger partial charge is 0.161 e. The second-order valence-corrected chi connectivity index (χ2v) is 3.96. The molecule has 0 aliphatic heterocycles. The Morgan fingerprint density at radius 1 is 1.47 bits per heavy atom. The number of nitrogens with zero attached hydrogens (tertiary/aromatic N) is 2. The third kappa shape index (κ3) is 2.38. The lowest BCUT2D eigenvalue weighted by Gasteiger charge is -2.14. The van der Waals surface area contributed by atoms with Crippen LogP contribution < -0.4 is 4.74 Å². The zero-order valence-corrected chi connectivity index (χ0v) is 9.84. The molecule has 1 atom stereocenters. The summed E-state index contributed by atoms with van der Waals surface area (Å²) >= 11 is 0. The first kappa shape index (κ1) is 11.4. The predicted molar refractivity (Wildman–Crippen MR) is 63.2 cm³/mol. The van der Waals surface area contributed by atoms with Gasteiger partial charge in [-0.05, 0) is 18.4 Å². The summed E-state index contributed by atoms with van der Waals surface area (Å²) in [6.07, 6.45) is 2.41. The standard InChI is InChI=1S/C12H15N3O2/c1-8(6-9-7-13-15-14-9)10-4-3-5-11(17-2)12(10)16/h3-5,7-8,16H,6H2,1-2H3,(H,13,14,15). The molecule has 0 radical (unpaired) electrons. The molecule has 2 aromatic rings. The van der Waals surface area contributed by atoms with E-state index in [9.17, 15) is 5.11 Å². The number of ether oxygens (including phenoxy) is 1. The van der Waals surface area contributed by atoms with Crippen LogP contribution >= 0.6 is 0 Å². The molecule has 0 bridgehead atoms. The van der Waals surface area contributed by atoms with E-state index in [0.717, 1.165) is 17.7 Å². The topological polar surface area (TPSA) is 71.0 Å². The van der Waals surface area contributed by atoms with Crippen LogP contribution in [0, 0.1) is 0 Å². The number of phenolic OH excluding ortho intramolecular Hbond substituents is 1. The number of hydrogen-bond donors (Lipinski definition) is 2. The zero-order valence-electron chi connectivity index (χ0n) is 9.84. The van der Waals surface area contributed by atoms with Gasteiger partial charge in [0.2, 0.25) is 0 Å². The number of H-pyrrole nitrogens is 1. The predicted octanol–water partition coefficient (Wildman–Crippen LogP) is 1.87. The van der Waals surface area contributed by atoms with Crippen molar-refractivity contribution in [2.75, 3.05) is 7.11 Å². The summed E-state index contributed by atoms with van der Waals surface area (Å²) in [7, 11) is 1.54. The Hall–Kier alpha value is -2.04. The van der Waals surface area contributed by atoms with E-state index in [4.69, 9.17) is 4.74 Å². The molecule has 5 heteroatoms. The van der Waals surface area contributed by atoms with Gasteiger partial charge in [-0.1, -0.05) is 19.1 Å². The number of aromatic nitrogens is 3. The Bertz CT molecular complexity index is 483. The Kier molecular flexibility index (Phi) is 3.27. The zero-order chi connectivity index (χ0) is 12.3. The monoisotopic (exact) mass is 233 g/mol. The first-order valence-corrected chi connectivity index (χ1v) is 5.43. The molecule has 0 fully saturated rings. The number of hydrogen-bond acceptors (Lipinski definition) is 4. The first-order chi connectivity index (χ1) is 8.22. The summed E-state index contributed by atoms with van der Waals surface area (Å²) in [5.74, 6) is 0.843. The number of methoxy groups -OCH3 is 1. The number of para-hydroxylation sites is 1. The highest BCUT2D eigenvalue weighted by molar-refractivity contribution is 5.47. The van der Waals surface area contributed by atoms with Crippen LogP contribution in [0.1, 0.15) is 24.1 Å². The van der Waals surface area contributed by atoms with Crippen LogP contribution in [-0.4, -0.2) is 27.6 Å². The van der Waals surface area contributed by atoms with Crippen molar-refractivity contribution >= 4 is 0 Å². The van der Waals surface area contributed by atoms with Gasteiger partial charge in [0, 0.05) is 5.56 Å². The lowest BCUT2D eigenvalue weighted by molar-refractivity contribution is 0.369. The summed E-state index contributed by atoms with van der Waals surface area (Å²) in [5, 5.41) is 20.4. The molecule has 5 nitrogen and oxygen atoms in total. The SMILES string of the molecule is COc1cccc(C(C)Cc2cn[nH]n2)c1O. The fourth-order valence-electron chi connectivity index (χ4n) is 1.85. The van der Waals surface area contributed by atoms with E-state index in [1.807, 2.05) is 19.1 Å². The van der Waals surface area contributed by atoms with Gasteiger partial charge in [0.05, 0.1) is 19.0 Å². The highest BCUT2D eigenvalue weighted by atomic mass is 16.5. The van der Waals surface area contributed by atoms with Crippen molar-refractivity contribution < 1.29 is 9.84 Å². The van der Waals surface area contributed by atoms with E-state index in [0.29, 0.717) is 5.75 Å². The maximum atomic E-state index is 10.0. The lowest BCUT2D eigenvalue weighted by Crippen LogP contribution is -2.00. The van der Waals surface area contributed by atoms with Crippen molar-refractivity contribution in [3.63, 3.8) is 0 Å². The highest BCUT2D eigenvalue weighted by Gasteiger charge is 2.15. The fraction of sp³-hybridized carbons (Fsp3) is 0.333. The molecule has 17 heavy (non-hydrogen) atoms. The van der Waals surface area contributed by atoms with E-state index in [2.05, 4.69) is 15.4 Å². The third-order valence-electron chi connectivity index (χ3n) is 2.76.